The third-order valence-electron chi connectivity index (χ3n) is 5.27. The number of Topliss-reactive ketones (excluding diaryl/α,β-unsaturated/α-hetero) is 1. The zero-order valence-corrected chi connectivity index (χ0v) is 15.0. The summed E-state index contributed by atoms with van der Waals surface area (Å²) in [5.41, 5.74) is 1.01. The number of ketones is 1. The molecule has 1 heterocycles. The molecule has 1 fully saturated rings. The lowest BCUT2D eigenvalue weighted by molar-refractivity contribution is 0.0635. The molecule has 3 aromatic carbocycles. The second-order valence-electron chi connectivity index (χ2n) is 7.00. The van der Waals surface area contributed by atoms with Crippen LogP contribution in [0.1, 0.15) is 33.6 Å². The summed E-state index contributed by atoms with van der Waals surface area (Å²) < 4.78 is 0. The van der Waals surface area contributed by atoms with Gasteiger partial charge in [0.15, 0.2) is 5.78 Å². The van der Waals surface area contributed by atoms with Crippen LogP contribution in [0.5, 0.6) is 5.75 Å². The zero-order valence-electron chi connectivity index (χ0n) is 15.0. The molecular weight excluding hydrogens is 338 g/mol. The standard InChI is InChI=1S/C23H21NO3/c25-21-13-4-3-11-20(21)23(27)24-14-6-9-17(15-24)22(26)19-12-5-8-16-7-1-2-10-18(16)19/h1-5,7-8,10-13,17,25H,6,9,14-15H2/t17-/m1/s1. The molecule has 27 heavy (non-hydrogen) atoms. The predicted molar refractivity (Wildman–Crippen MR) is 105 cm³/mol. The number of para-hydroxylation sites is 1. The Kier molecular flexibility index (Phi) is 4.63. The summed E-state index contributed by atoms with van der Waals surface area (Å²) in [4.78, 5) is 27.7. The highest BCUT2D eigenvalue weighted by Crippen LogP contribution is 2.27. The quantitative estimate of drug-likeness (QED) is 0.710. The molecule has 0 aliphatic carbocycles. The first kappa shape index (κ1) is 17.3. The molecule has 0 bridgehead atoms. The minimum absolute atomic E-state index is 0.0231. The van der Waals surface area contributed by atoms with Crippen molar-refractivity contribution in [3.05, 3.63) is 77.9 Å². The molecule has 0 aromatic heterocycles. The number of phenols is 1. The number of carbonyl (C=O) groups is 2. The molecule has 1 aliphatic heterocycles. The minimum atomic E-state index is -0.223. The van der Waals surface area contributed by atoms with Crippen LogP contribution in [0.2, 0.25) is 0 Å². The number of piperidine rings is 1. The molecule has 4 rings (SSSR count). The molecule has 1 amide bonds. The van der Waals surface area contributed by atoms with E-state index in [1.807, 2.05) is 42.5 Å². The van der Waals surface area contributed by atoms with E-state index in [0.29, 0.717) is 13.1 Å². The van der Waals surface area contributed by atoms with Gasteiger partial charge in [-0.05, 0) is 35.7 Å². The zero-order chi connectivity index (χ0) is 18.8. The highest BCUT2D eigenvalue weighted by molar-refractivity contribution is 6.09. The lowest BCUT2D eigenvalue weighted by Crippen LogP contribution is -2.42. The van der Waals surface area contributed by atoms with Gasteiger partial charge >= 0.3 is 0 Å². The van der Waals surface area contributed by atoms with Crippen LogP contribution in [-0.2, 0) is 0 Å². The largest absolute Gasteiger partial charge is 0.507 e. The van der Waals surface area contributed by atoms with Crippen molar-refractivity contribution >= 4 is 22.5 Å². The van der Waals surface area contributed by atoms with Gasteiger partial charge in [-0.25, -0.2) is 0 Å². The number of benzene rings is 3. The van der Waals surface area contributed by atoms with Gasteiger partial charge in [0.1, 0.15) is 5.75 Å². The summed E-state index contributed by atoms with van der Waals surface area (Å²) in [6.07, 6.45) is 1.55. The second-order valence-corrected chi connectivity index (χ2v) is 7.00. The molecule has 1 N–H and O–H groups in total. The summed E-state index contributed by atoms with van der Waals surface area (Å²) >= 11 is 0. The molecule has 0 unspecified atom stereocenters. The maximum atomic E-state index is 13.2. The third-order valence-corrected chi connectivity index (χ3v) is 5.27. The first-order valence-corrected chi connectivity index (χ1v) is 9.24. The molecule has 1 atom stereocenters. The number of nitrogens with zero attached hydrogens (tertiary/aromatic N) is 1. The van der Waals surface area contributed by atoms with E-state index in [1.54, 1.807) is 23.1 Å². The lowest BCUT2D eigenvalue weighted by atomic mass is 9.87. The van der Waals surface area contributed by atoms with E-state index in [4.69, 9.17) is 0 Å². The number of hydrogen-bond acceptors (Lipinski definition) is 3. The van der Waals surface area contributed by atoms with E-state index in [9.17, 15) is 14.7 Å². The first-order valence-electron chi connectivity index (χ1n) is 9.24. The van der Waals surface area contributed by atoms with Crippen LogP contribution in [-0.4, -0.2) is 34.8 Å². The van der Waals surface area contributed by atoms with Gasteiger partial charge in [0.25, 0.3) is 5.91 Å². The Morgan fingerprint density at radius 2 is 1.59 bits per heavy atom. The molecule has 3 aromatic rings. The van der Waals surface area contributed by atoms with E-state index in [0.717, 1.165) is 29.2 Å². The van der Waals surface area contributed by atoms with Crippen molar-refractivity contribution in [3.8, 4) is 5.75 Å². The maximum absolute atomic E-state index is 13.2. The monoisotopic (exact) mass is 359 g/mol. The third kappa shape index (κ3) is 3.31. The van der Waals surface area contributed by atoms with Crippen LogP contribution in [0.4, 0.5) is 0 Å². The normalized spacial score (nSPS) is 17.0. The van der Waals surface area contributed by atoms with Crippen LogP contribution >= 0.6 is 0 Å². The van der Waals surface area contributed by atoms with E-state index in [-0.39, 0.29) is 28.9 Å². The van der Waals surface area contributed by atoms with Gasteiger partial charge in [0.2, 0.25) is 0 Å². The van der Waals surface area contributed by atoms with Gasteiger partial charge in [-0.1, -0.05) is 54.6 Å². The van der Waals surface area contributed by atoms with Crippen molar-refractivity contribution in [2.75, 3.05) is 13.1 Å². The summed E-state index contributed by atoms with van der Waals surface area (Å²) in [6.45, 7) is 0.988. The number of hydrogen-bond donors (Lipinski definition) is 1. The Bertz CT molecular complexity index is 1010. The van der Waals surface area contributed by atoms with Crippen molar-refractivity contribution in [3.63, 3.8) is 0 Å². The van der Waals surface area contributed by atoms with Crippen LogP contribution in [0.25, 0.3) is 10.8 Å². The average molecular weight is 359 g/mol. The summed E-state index contributed by atoms with van der Waals surface area (Å²) in [6, 6.07) is 20.2. The van der Waals surface area contributed by atoms with Crippen LogP contribution in [0.3, 0.4) is 0 Å². The van der Waals surface area contributed by atoms with E-state index >= 15 is 0 Å². The Morgan fingerprint density at radius 1 is 0.889 bits per heavy atom. The summed E-state index contributed by atoms with van der Waals surface area (Å²) in [5, 5.41) is 12.0. The van der Waals surface area contributed by atoms with Gasteiger partial charge < -0.3 is 10.0 Å². The van der Waals surface area contributed by atoms with E-state index in [1.165, 1.54) is 6.07 Å². The van der Waals surface area contributed by atoms with E-state index in [2.05, 4.69) is 0 Å². The number of rotatable bonds is 3. The van der Waals surface area contributed by atoms with Crippen molar-refractivity contribution < 1.29 is 14.7 Å². The second kappa shape index (κ2) is 7.23. The lowest BCUT2D eigenvalue weighted by Gasteiger charge is -2.32. The number of phenolic OH excluding ortho intramolecular Hbond substituents is 1. The summed E-state index contributed by atoms with van der Waals surface area (Å²) in [5.74, 6) is -0.380. The number of carbonyl (C=O) groups excluding carboxylic acids is 2. The molecular formula is C23H21NO3. The van der Waals surface area contributed by atoms with Gasteiger partial charge in [-0.15, -0.1) is 0 Å². The molecule has 4 nitrogen and oxygen atoms in total. The Balaban J connectivity index is 1.58. The minimum Gasteiger partial charge on any atom is -0.507 e. The predicted octanol–water partition coefficient (Wildman–Crippen LogP) is 4.28. The highest BCUT2D eigenvalue weighted by atomic mass is 16.3. The van der Waals surface area contributed by atoms with Crippen LogP contribution in [0.15, 0.2) is 66.7 Å². The van der Waals surface area contributed by atoms with Gasteiger partial charge in [0.05, 0.1) is 5.56 Å². The van der Waals surface area contributed by atoms with Crippen molar-refractivity contribution in [1.29, 1.82) is 0 Å². The van der Waals surface area contributed by atoms with Crippen molar-refractivity contribution in [2.24, 2.45) is 5.92 Å². The number of aromatic hydroxyl groups is 1. The molecule has 0 radical (unpaired) electrons. The van der Waals surface area contributed by atoms with Gasteiger partial charge in [-0.2, -0.15) is 0 Å². The molecule has 1 aliphatic rings. The number of likely N-dealkylation sites (tertiary alicyclic amines) is 1. The van der Waals surface area contributed by atoms with Crippen molar-refractivity contribution in [1.82, 2.24) is 4.90 Å². The molecule has 0 saturated carbocycles. The average Bonchev–Trinajstić information content (AvgIpc) is 2.73. The van der Waals surface area contributed by atoms with Gasteiger partial charge in [0, 0.05) is 24.6 Å². The molecule has 1 saturated heterocycles. The number of fused-ring (bicyclic) bond motifs is 1. The van der Waals surface area contributed by atoms with Crippen molar-refractivity contribution in [2.45, 2.75) is 12.8 Å². The van der Waals surface area contributed by atoms with E-state index < -0.39 is 0 Å². The SMILES string of the molecule is O=C(c1cccc2ccccc12)[C@@H]1CCCN(C(=O)c2ccccc2O)C1. The fourth-order valence-electron chi connectivity index (χ4n) is 3.86. The Hall–Kier alpha value is -3.14. The Morgan fingerprint density at radius 3 is 2.44 bits per heavy atom. The van der Waals surface area contributed by atoms with Gasteiger partial charge in [-0.3, -0.25) is 9.59 Å². The highest BCUT2D eigenvalue weighted by Gasteiger charge is 2.30. The fourth-order valence-corrected chi connectivity index (χ4v) is 3.86. The summed E-state index contributed by atoms with van der Waals surface area (Å²) in [7, 11) is 0. The first-order chi connectivity index (χ1) is 13.1. The Labute approximate surface area is 158 Å². The number of amides is 1. The molecule has 4 heteroatoms. The molecule has 136 valence electrons. The maximum Gasteiger partial charge on any atom is 0.257 e. The topological polar surface area (TPSA) is 57.6 Å². The smallest absolute Gasteiger partial charge is 0.257 e. The van der Waals surface area contributed by atoms with Crippen LogP contribution < -0.4 is 0 Å². The van der Waals surface area contributed by atoms with Crippen LogP contribution in [0, 0.1) is 5.92 Å². The fraction of sp³-hybridized carbons (Fsp3) is 0.217. The molecule has 0 spiro atoms.